The van der Waals surface area contributed by atoms with Crippen molar-refractivity contribution in [1.82, 2.24) is 10.2 Å². The van der Waals surface area contributed by atoms with E-state index in [1.807, 2.05) is 24.3 Å². The van der Waals surface area contributed by atoms with E-state index >= 15 is 0 Å². The van der Waals surface area contributed by atoms with Crippen molar-refractivity contribution in [3.63, 3.8) is 0 Å². The van der Waals surface area contributed by atoms with Crippen LogP contribution in [0.25, 0.3) is 11.1 Å². The zero-order chi connectivity index (χ0) is 24.1. The molecule has 34 heavy (non-hydrogen) atoms. The number of fused-ring (bicyclic) bond motifs is 3. The van der Waals surface area contributed by atoms with Gasteiger partial charge in [0.2, 0.25) is 0 Å². The predicted octanol–water partition coefficient (Wildman–Crippen LogP) is 3.25. The number of likely N-dealkylation sites (tertiary alicyclic amines) is 1. The Bertz CT molecular complexity index is 1010. The molecule has 1 aliphatic heterocycles. The van der Waals surface area contributed by atoms with E-state index in [1.165, 1.54) is 7.11 Å². The van der Waals surface area contributed by atoms with Crippen LogP contribution in [-0.4, -0.2) is 67.4 Å². The number of carbonyl (C=O) groups excluding carboxylic acids is 2. The number of carbonyl (C=O) groups is 3. The second-order valence-corrected chi connectivity index (χ2v) is 8.73. The minimum absolute atomic E-state index is 0.0206. The fourth-order valence-corrected chi connectivity index (χ4v) is 4.88. The molecule has 4 rings (SSSR count). The molecule has 0 spiro atoms. The molecule has 8 nitrogen and oxygen atoms in total. The second kappa shape index (κ2) is 10.7. The molecule has 0 bridgehead atoms. The fraction of sp³-hybridized carbons (Fsp3) is 0.423. The average Bonchev–Trinajstić information content (AvgIpc) is 3.19. The summed E-state index contributed by atoms with van der Waals surface area (Å²) in [6, 6.07) is 16.3. The van der Waals surface area contributed by atoms with E-state index in [0.717, 1.165) is 22.3 Å². The smallest absolute Gasteiger partial charge is 0.407 e. The minimum Gasteiger partial charge on any atom is -0.481 e. The monoisotopic (exact) mass is 466 g/mol. The molecular weight excluding hydrogens is 436 g/mol. The Labute approximate surface area is 198 Å². The molecule has 1 aliphatic carbocycles. The molecule has 0 aromatic heterocycles. The number of piperidine rings is 1. The molecule has 2 unspecified atom stereocenters. The van der Waals surface area contributed by atoms with Crippen molar-refractivity contribution in [2.75, 3.05) is 33.4 Å². The van der Waals surface area contributed by atoms with Gasteiger partial charge in [0.15, 0.2) is 0 Å². The van der Waals surface area contributed by atoms with Crippen molar-refractivity contribution in [2.24, 2.45) is 5.92 Å². The van der Waals surface area contributed by atoms with E-state index in [2.05, 4.69) is 29.6 Å². The zero-order valence-electron chi connectivity index (χ0n) is 19.2. The van der Waals surface area contributed by atoms with Crippen molar-refractivity contribution < 1.29 is 29.0 Å². The molecule has 2 aromatic rings. The van der Waals surface area contributed by atoms with Crippen LogP contribution in [0.3, 0.4) is 0 Å². The summed E-state index contributed by atoms with van der Waals surface area (Å²) in [6.45, 7) is 1.13. The van der Waals surface area contributed by atoms with Crippen molar-refractivity contribution in [3.8, 4) is 11.1 Å². The highest BCUT2D eigenvalue weighted by Crippen LogP contribution is 2.44. The number of methoxy groups -OCH3 is 1. The van der Waals surface area contributed by atoms with Gasteiger partial charge in [-0.25, -0.2) is 4.79 Å². The summed E-state index contributed by atoms with van der Waals surface area (Å²) in [5, 5.41) is 11.9. The van der Waals surface area contributed by atoms with Crippen LogP contribution >= 0.6 is 0 Å². The van der Waals surface area contributed by atoms with E-state index in [9.17, 15) is 19.5 Å². The van der Waals surface area contributed by atoms with Gasteiger partial charge >= 0.3 is 12.1 Å². The van der Waals surface area contributed by atoms with Crippen LogP contribution in [0.15, 0.2) is 48.5 Å². The fourth-order valence-electron chi connectivity index (χ4n) is 4.88. The Kier molecular flexibility index (Phi) is 7.47. The van der Waals surface area contributed by atoms with Gasteiger partial charge in [0.25, 0.3) is 5.91 Å². The lowest BCUT2D eigenvalue weighted by Gasteiger charge is -2.33. The lowest BCUT2D eigenvalue weighted by molar-refractivity contribution is -0.149. The van der Waals surface area contributed by atoms with E-state index in [1.54, 1.807) is 4.90 Å². The minimum atomic E-state index is -0.886. The maximum atomic E-state index is 12.8. The molecule has 2 atom stereocenters. The van der Waals surface area contributed by atoms with Crippen molar-refractivity contribution >= 4 is 18.0 Å². The molecule has 1 heterocycles. The van der Waals surface area contributed by atoms with Gasteiger partial charge < -0.3 is 24.8 Å². The molecule has 1 saturated heterocycles. The number of aliphatic carboxylic acids is 1. The van der Waals surface area contributed by atoms with Crippen molar-refractivity contribution in [2.45, 2.75) is 31.3 Å². The highest BCUT2D eigenvalue weighted by molar-refractivity contribution is 5.82. The van der Waals surface area contributed by atoms with Crippen molar-refractivity contribution in [1.29, 1.82) is 0 Å². The summed E-state index contributed by atoms with van der Waals surface area (Å²) in [4.78, 5) is 37.9. The first-order valence-electron chi connectivity index (χ1n) is 11.6. The third kappa shape index (κ3) is 5.07. The first-order valence-corrected chi connectivity index (χ1v) is 11.6. The standard InChI is InChI=1S/C26H30N2O6/c1-33-23(24(29)28-14-6-7-17(15-28)25(30)31)12-13-27-26(32)34-16-22-20-10-4-2-8-18(20)19-9-3-5-11-21(19)22/h2-5,8-11,17,22-23H,6-7,12-16H2,1H3,(H,27,32)(H,30,31). The number of nitrogens with one attached hydrogen (secondary N) is 1. The first kappa shape index (κ1) is 23.8. The number of hydrogen-bond donors (Lipinski definition) is 2. The van der Waals surface area contributed by atoms with Gasteiger partial charge in [0.1, 0.15) is 12.7 Å². The Balaban J connectivity index is 1.27. The number of rotatable bonds is 8. The van der Waals surface area contributed by atoms with Gasteiger partial charge in [-0.1, -0.05) is 48.5 Å². The van der Waals surface area contributed by atoms with Gasteiger partial charge in [-0.3, -0.25) is 9.59 Å². The van der Waals surface area contributed by atoms with E-state index < -0.39 is 24.1 Å². The maximum Gasteiger partial charge on any atom is 0.407 e. The molecule has 0 radical (unpaired) electrons. The molecule has 0 saturated carbocycles. The molecule has 180 valence electrons. The highest BCUT2D eigenvalue weighted by atomic mass is 16.5. The zero-order valence-corrected chi connectivity index (χ0v) is 19.2. The van der Waals surface area contributed by atoms with Crippen LogP contribution < -0.4 is 5.32 Å². The SMILES string of the molecule is COC(CCNC(=O)OCC1c2ccccc2-c2ccccc21)C(=O)N1CCCC(C(=O)O)C1. The molecule has 1 fully saturated rings. The van der Waals surface area contributed by atoms with E-state index in [-0.39, 0.29) is 37.9 Å². The largest absolute Gasteiger partial charge is 0.481 e. The van der Waals surface area contributed by atoms with Gasteiger partial charge in [0, 0.05) is 39.1 Å². The number of carboxylic acids is 1. The normalized spacial score (nSPS) is 18.0. The maximum absolute atomic E-state index is 12.8. The summed E-state index contributed by atoms with van der Waals surface area (Å²) in [7, 11) is 1.44. The van der Waals surface area contributed by atoms with Crippen LogP contribution in [0, 0.1) is 5.92 Å². The highest BCUT2D eigenvalue weighted by Gasteiger charge is 2.32. The number of carboxylic acid groups (broad SMARTS) is 1. The Hall–Kier alpha value is -3.39. The third-order valence-corrected chi connectivity index (χ3v) is 6.66. The molecule has 2 amide bonds. The van der Waals surface area contributed by atoms with Crippen molar-refractivity contribution in [3.05, 3.63) is 59.7 Å². The number of ether oxygens (including phenoxy) is 2. The quantitative estimate of drug-likeness (QED) is 0.619. The van der Waals surface area contributed by atoms with Crippen LogP contribution in [0.4, 0.5) is 4.79 Å². The Morgan fingerprint density at radius 2 is 1.74 bits per heavy atom. The predicted molar refractivity (Wildman–Crippen MR) is 125 cm³/mol. The molecule has 8 heteroatoms. The lowest BCUT2D eigenvalue weighted by Crippen LogP contribution is -2.47. The topological polar surface area (TPSA) is 105 Å². The van der Waals surface area contributed by atoms with Crippen LogP contribution in [-0.2, 0) is 19.1 Å². The van der Waals surface area contributed by atoms with E-state index in [4.69, 9.17) is 9.47 Å². The first-order chi connectivity index (χ1) is 16.5. The number of benzene rings is 2. The average molecular weight is 467 g/mol. The molecular formula is C26H30N2O6. The summed E-state index contributed by atoms with van der Waals surface area (Å²) in [5.74, 6) is -1.70. The molecule has 2 aromatic carbocycles. The van der Waals surface area contributed by atoms with Gasteiger partial charge in [0.05, 0.1) is 5.92 Å². The summed E-state index contributed by atoms with van der Waals surface area (Å²) >= 11 is 0. The number of alkyl carbamates (subject to hydrolysis) is 1. The van der Waals surface area contributed by atoms with Gasteiger partial charge in [-0.2, -0.15) is 0 Å². The molecule has 2 N–H and O–H groups in total. The van der Waals surface area contributed by atoms with Crippen LogP contribution in [0.5, 0.6) is 0 Å². The summed E-state index contributed by atoms with van der Waals surface area (Å²) in [6.07, 6.45) is 0.194. The second-order valence-electron chi connectivity index (χ2n) is 8.73. The third-order valence-electron chi connectivity index (χ3n) is 6.66. The summed E-state index contributed by atoms with van der Waals surface area (Å²) in [5.41, 5.74) is 4.61. The van der Waals surface area contributed by atoms with Gasteiger partial charge in [-0.05, 0) is 35.1 Å². The number of hydrogen-bond acceptors (Lipinski definition) is 5. The lowest BCUT2D eigenvalue weighted by atomic mass is 9.97. The Morgan fingerprint density at radius 3 is 2.35 bits per heavy atom. The summed E-state index contributed by atoms with van der Waals surface area (Å²) < 4.78 is 10.9. The number of amides is 2. The van der Waals surface area contributed by atoms with E-state index in [0.29, 0.717) is 19.4 Å². The van der Waals surface area contributed by atoms with Crippen LogP contribution in [0.1, 0.15) is 36.3 Å². The number of nitrogens with zero attached hydrogens (tertiary/aromatic N) is 1. The van der Waals surface area contributed by atoms with Crippen LogP contribution in [0.2, 0.25) is 0 Å². The Morgan fingerprint density at radius 1 is 1.09 bits per heavy atom. The van der Waals surface area contributed by atoms with Gasteiger partial charge in [-0.15, -0.1) is 0 Å². The molecule has 2 aliphatic rings.